The van der Waals surface area contributed by atoms with Crippen molar-refractivity contribution >= 4 is 27.2 Å². The molecule has 2 aromatic heterocycles. The first kappa shape index (κ1) is 21.2. The van der Waals surface area contributed by atoms with Crippen LogP contribution in [-0.2, 0) is 0 Å². The summed E-state index contributed by atoms with van der Waals surface area (Å²) in [6, 6.07) is 10.5. The van der Waals surface area contributed by atoms with Crippen molar-refractivity contribution in [1.29, 1.82) is 0 Å². The van der Waals surface area contributed by atoms with Gasteiger partial charge in [-0.3, -0.25) is 9.36 Å². The Hall–Kier alpha value is -2.66. The van der Waals surface area contributed by atoms with E-state index in [1.165, 1.54) is 17.0 Å². The maximum Gasteiger partial charge on any atom is 0.275 e. The standard InChI is InChI=1S/C25H28N4O2S/c1-27(2)20-10-14-28(16-20)18-5-7-19(8-6-18)29-17-26-22-15-21(32-23(22)24(29)30)9-13-25(31)11-3-4-12-25/h5-8,15,17,20,31H,3-4,10-12,14,16H2,1-2H3/t20-/m1/s1. The smallest absolute Gasteiger partial charge is 0.275 e. The summed E-state index contributed by atoms with van der Waals surface area (Å²) >= 11 is 1.35. The molecular weight excluding hydrogens is 420 g/mol. The number of aliphatic hydroxyl groups is 1. The van der Waals surface area contributed by atoms with Crippen LogP contribution in [0.1, 0.15) is 37.0 Å². The zero-order valence-corrected chi connectivity index (χ0v) is 19.4. The van der Waals surface area contributed by atoms with Gasteiger partial charge in [-0.05, 0) is 76.5 Å². The highest BCUT2D eigenvalue weighted by Gasteiger charge is 2.28. The molecule has 6 nitrogen and oxygen atoms in total. The lowest BCUT2D eigenvalue weighted by atomic mass is 10.0. The Bertz CT molecular complexity index is 1240. The number of thiophene rings is 1. The Kier molecular flexibility index (Phi) is 5.54. The van der Waals surface area contributed by atoms with Gasteiger partial charge in [0.1, 0.15) is 16.6 Å². The van der Waals surface area contributed by atoms with Crippen LogP contribution in [0.2, 0.25) is 0 Å². The quantitative estimate of drug-likeness (QED) is 0.624. The summed E-state index contributed by atoms with van der Waals surface area (Å²) in [5, 5.41) is 10.5. The molecule has 0 radical (unpaired) electrons. The molecular formula is C25H28N4O2S. The van der Waals surface area contributed by atoms with E-state index in [0.29, 0.717) is 16.3 Å². The molecule has 1 N–H and O–H groups in total. The van der Waals surface area contributed by atoms with Crippen LogP contribution in [0.4, 0.5) is 5.69 Å². The molecule has 0 spiro atoms. The molecule has 5 rings (SSSR count). The third kappa shape index (κ3) is 4.06. The van der Waals surface area contributed by atoms with Crippen molar-refractivity contribution in [2.24, 2.45) is 0 Å². The van der Waals surface area contributed by atoms with Crippen LogP contribution < -0.4 is 10.5 Å². The average molecular weight is 449 g/mol. The SMILES string of the molecule is CN(C)[C@@H]1CCN(c2ccc(-n3cnc4cc(C#CC5(O)CCCC5)sc4c3=O)cc2)C1. The first-order valence-electron chi connectivity index (χ1n) is 11.2. The number of aromatic nitrogens is 2. The van der Waals surface area contributed by atoms with Crippen molar-refractivity contribution < 1.29 is 5.11 Å². The summed E-state index contributed by atoms with van der Waals surface area (Å²) in [5.41, 5.74) is 1.67. The number of anilines is 1. The van der Waals surface area contributed by atoms with Crippen molar-refractivity contribution in [3.63, 3.8) is 0 Å². The van der Waals surface area contributed by atoms with Crippen molar-refractivity contribution in [2.45, 2.75) is 43.7 Å². The molecule has 1 aliphatic heterocycles. The number of rotatable bonds is 3. The predicted molar refractivity (Wildman–Crippen MR) is 130 cm³/mol. The van der Waals surface area contributed by atoms with E-state index in [1.807, 2.05) is 18.2 Å². The van der Waals surface area contributed by atoms with E-state index < -0.39 is 5.60 Å². The molecule has 1 aliphatic carbocycles. The molecule has 1 aromatic carbocycles. The molecule has 0 unspecified atom stereocenters. The van der Waals surface area contributed by atoms with Crippen LogP contribution >= 0.6 is 11.3 Å². The summed E-state index contributed by atoms with van der Waals surface area (Å²) in [5.74, 6) is 6.09. The van der Waals surface area contributed by atoms with Crippen molar-refractivity contribution in [3.8, 4) is 17.5 Å². The number of hydrogen-bond acceptors (Lipinski definition) is 6. The van der Waals surface area contributed by atoms with Crippen LogP contribution in [0.5, 0.6) is 0 Å². The van der Waals surface area contributed by atoms with E-state index in [0.717, 1.165) is 55.8 Å². The fourth-order valence-corrected chi connectivity index (χ4v) is 5.54. The maximum atomic E-state index is 13.1. The molecule has 3 aromatic rings. The van der Waals surface area contributed by atoms with Gasteiger partial charge in [0.25, 0.3) is 5.56 Å². The second-order valence-electron chi connectivity index (χ2n) is 9.10. The molecule has 3 heterocycles. The highest BCUT2D eigenvalue weighted by molar-refractivity contribution is 7.19. The van der Waals surface area contributed by atoms with Crippen molar-refractivity contribution in [2.75, 3.05) is 32.1 Å². The predicted octanol–water partition coefficient (Wildman–Crippen LogP) is 3.24. The molecule has 166 valence electrons. The van der Waals surface area contributed by atoms with Crippen LogP contribution in [-0.4, -0.2) is 58.4 Å². The van der Waals surface area contributed by atoms with Gasteiger partial charge in [0, 0.05) is 24.8 Å². The van der Waals surface area contributed by atoms with Gasteiger partial charge in [-0.15, -0.1) is 11.3 Å². The van der Waals surface area contributed by atoms with Gasteiger partial charge >= 0.3 is 0 Å². The molecule has 2 fully saturated rings. The zero-order valence-electron chi connectivity index (χ0n) is 18.5. The fourth-order valence-electron chi connectivity index (χ4n) is 4.64. The third-order valence-electron chi connectivity index (χ3n) is 6.67. The number of benzene rings is 1. The first-order chi connectivity index (χ1) is 15.4. The average Bonchev–Trinajstić information content (AvgIpc) is 3.53. The lowest BCUT2D eigenvalue weighted by molar-refractivity contribution is 0.110. The number of nitrogens with zero attached hydrogens (tertiary/aromatic N) is 4. The summed E-state index contributed by atoms with van der Waals surface area (Å²) in [6.45, 7) is 2.07. The minimum absolute atomic E-state index is 0.0887. The Morgan fingerprint density at radius 3 is 2.59 bits per heavy atom. The van der Waals surface area contributed by atoms with Gasteiger partial charge < -0.3 is 14.9 Å². The summed E-state index contributed by atoms with van der Waals surface area (Å²) in [6.07, 6.45) is 6.22. The Balaban J connectivity index is 1.39. The maximum absolute atomic E-state index is 13.1. The minimum atomic E-state index is -0.881. The third-order valence-corrected chi connectivity index (χ3v) is 7.70. The lowest BCUT2D eigenvalue weighted by Crippen LogP contribution is -2.31. The second kappa shape index (κ2) is 8.36. The Labute approximate surface area is 192 Å². The van der Waals surface area contributed by atoms with Crippen molar-refractivity contribution in [3.05, 3.63) is 51.9 Å². The Morgan fingerprint density at radius 1 is 1.19 bits per heavy atom. The molecule has 0 amide bonds. The van der Waals surface area contributed by atoms with E-state index in [9.17, 15) is 9.90 Å². The summed E-state index contributed by atoms with van der Waals surface area (Å²) in [4.78, 5) is 23.1. The highest BCUT2D eigenvalue weighted by Crippen LogP contribution is 2.29. The number of likely N-dealkylation sites (N-methyl/N-ethyl adjacent to an activating group) is 1. The van der Waals surface area contributed by atoms with Crippen LogP contribution in [0.15, 0.2) is 41.5 Å². The van der Waals surface area contributed by atoms with E-state index in [1.54, 1.807) is 10.9 Å². The summed E-state index contributed by atoms with van der Waals surface area (Å²) in [7, 11) is 4.26. The van der Waals surface area contributed by atoms with Gasteiger partial charge in [0.15, 0.2) is 0 Å². The molecule has 1 saturated heterocycles. The van der Waals surface area contributed by atoms with Gasteiger partial charge in [0.05, 0.1) is 16.1 Å². The number of fused-ring (bicyclic) bond motifs is 1. The molecule has 0 bridgehead atoms. The lowest BCUT2D eigenvalue weighted by Gasteiger charge is -2.22. The van der Waals surface area contributed by atoms with Crippen molar-refractivity contribution in [1.82, 2.24) is 14.5 Å². The topological polar surface area (TPSA) is 61.6 Å². The molecule has 1 atom stereocenters. The normalized spacial score (nSPS) is 20.1. The van der Waals surface area contributed by atoms with E-state index in [2.05, 4.69) is 52.9 Å². The molecule has 32 heavy (non-hydrogen) atoms. The molecule has 2 aliphatic rings. The van der Waals surface area contributed by atoms with E-state index in [4.69, 9.17) is 0 Å². The van der Waals surface area contributed by atoms with Gasteiger partial charge in [-0.2, -0.15) is 0 Å². The zero-order chi connectivity index (χ0) is 22.3. The van der Waals surface area contributed by atoms with Crippen LogP contribution in [0, 0.1) is 11.8 Å². The van der Waals surface area contributed by atoms with E-state index >= 15 is 0 Å². The first-order valence-corrected chi connectivity index (χ1v) is 12.0. The van der Waals surface area contributed by atoms with Gasteiger partial charge in [-0.25, -0.2) is 4.98 Å². The Morgan fingerprint density at radius 2 is 1.91 bits per heavy atom. The largest absolute Gasteiger partial charge is 0.378 e. The fraction of sp³-hybridized carbons (Fsp3) is 0.440. The second-order valence-corrected chi connectivity index (χ2v) is 10.2. The van der Waals surface area contributed by atoms with Crippen LogP contribution in [0.3, 0.4) is 0 Å². The highest BCUT2D eigenvalue weighted by atomic mass is 32.1. The molecule has 1 saturated carbocycles. The van der Waals surface area contributed by atoms with Crippen LogP contribution in [0.25, 0.3) is 15.9 Å². The molecule has 7 heteroatoms. The van der Waals surface area contributed by atoms with Gasteiger partial charge in [0.2, 0.25) is 0 Å². The van der Waals surface area contributed by atoms with Gasteiger partial charge in [-0.1, -0.05) is 11.8 Å². The monoisotopic (exact) mass is 448 g/mol. The summed E-state index contributed by atoms with van der Waals surface area (Å²) < 4.78 is 2.18. The number of hydrogen-bond donors (Lipinski definition) is 1. The minimum Gasteiger partial charge on any atom is -0.378 e. The van der Waals surface area contributed by atoms with E-state index in [-0.39, 0.29) is 5.56 Å².